The fraction of sp³-hybridized carbons (Fsp3) is 0.429. The van der Waals surface area contributed by atoms with Gasteiger partial charge in [0, 0.05) is 24.5 Å². The normalized spacial score (nSPS) is 17.1. The molecule has 1 aliphatic heterocycles. The molecule has 0 bridgehead atoms. The molecule has 2 aliphatic carbocycles. The number of esters is 1. The topological polar surface area (TPSA) is 146 Å². The van der Waals surface area contributed by atoms with Crippen molar-refractivity contribution in [2.75, 3.05) is 26.2 Å². The van der Waals surface area contributed by atoms with Crippen LogP contribution in [0.15, 0.2) is 59.4 Å². The van der Waals surface area contributed by atoms with Crippen molar-refractivity contribution in [1.29, 1.82) is 0 Å². The molecule has 0 unspecified atom stereocenters. The second-order valence-electron chi connectivity index (χ2n) is 15.9. The van der Waals surface area contributed by atoms with Gasteiger partial charge in [-0.05, 0) is 154 Å². The zero-order valence-electron chi connectivity index (χ0n) is 31.4. The summed E-state index contributed by atoms with van der Waals surface area (Å²) in [5, 5.41) is 35.7. The molecule has 2 aromatic carbocycles. The Morgan fingerprint density at radius 1 is 0.982 bits per heavy atom. The van der Waals surface area contributed by atoms with Gasteiger partial charge in [0.2, 0.25) is 11.2 Å². The van der Waals surface area contributed by atoms with Crippen LogP contribution in [-0.2, 0) is 47.5 Å². The third kappa shape index (κ3) is 7.52. The number of H-pyrrole nitrogens is 1. The number of carbonyl (C=O) groups excluding carboxylic acids is 1. The molecule has 1 saturated heterocycles. The summed E-state index contributed by atoms with van der Waals surface area (Å²) in [6, 6.07) is 15.7. The molecule has 4 N–H and O–H groups in total. The Balaban J connectivity index is 0.758. The van der Waals surface area contributed by atoms with Crippen molar-refractivity contribution in [2.24, 2.45) is 5.41 Å². The number of ether oxygens (including phenoxy) is 1. The summed E-state index contributed by atoms with van der Waals surface area (Å²) in [7, 11) is 0. The average Bonchev–Trinajstić information content (AvgIpc) is 4.02. The van der Waals surface area contributed by atoms with E-state index in [1.807, 2.05) is 6.07 Å². The summed E-state index contributed by atoms with van der Waals surface area (Å²) in [4.78, 5) is 31.5. The highest BCUT2D eigenvalue weighted by atomic mass is 35.5. The predicted molar refractivity (Wildman–Crippen MR) is 225 cm³/mol. The van der Waals surface area contributed by atoms with Gasteiger partial charge in [-0.3, -0.25) is 4.79 Å². The lowest BCUT2D eigenvalue weighted by atomic mass is 9.61. The number of likely N-dealkylation sites (tertiary alicyclic amines) is 1. The Hall–Kier alpha value is -3.82. The summed E-state index contributed by atoms with van der Waals surface area (Å²) in [6.45, 7) is 5.34. The Bertz CT molecular complexity index is 2470. The Morgan fingerprint density at radius 2 is 1.72 bits per heavy atom. The minimum absolute atomic E-state index is 0.0808. The first kappa shape index (κ1) is 38.7. The van der Waals surface area contributed by atoms with E-state index in [0.29, 0.717) is 23.9 Å². The van der Waals surface area contributed by atoms with E-state index in [9.17, 15) is 19.8 Å². The first-order valence-corrected chi connectivity index (χ1v) is 22.1. The maximum atomic E-state index is 13.6. The van der Waals surface area contributed by atoms with E-state index < -0.39 is 11.6 Å². The summed E-state index contributed by atoms with van der Waals surface area (Å²) in [5.41, 5.74) is 5.80. The third-order valence-electron chi connectivity index (χ3n) is 12.3. The Morgan fingerprint density at radius 3 is 2.44 bits per heavy atom. The Kier molecular flexibility index (Phi) is 10.7. The minimum Gasteiger partial charge on any atom is -0.506 e. The summed E-state index contributed by atoms with van der Waals surface area (Å²) in [6.07, 6.45) is 8.52. The lowest BCUT2D eigenvalue weighted by Crippen LogP contribution is -2.52. The van der Waals surface area contributed by atoms with Gasteiger partial charge in [-0.25, -0.2) is 9.48 Å². The number of piperidine rings is 1. The second kappa shape index (κ2) is 15.7. The summed E-state index contributed by atoms with van der Waals surface area (Å²) < 4.78 is 9.05. The van der Waals surface area contributed by atoms with Crippen molar-refractivity contribution in [3.8, 4) is 5.75 Å². The number of phenols is 1. The van der Waals surface area contributed by atoms with Crippen LogP contribution >= 0.6 is 45.9 Å². The number of benzene rings is 2. The number of aliphatic hydroxyl groups is 1. The van der Waals surface area contributed by atoms with Crippen LogP contribution in [0.3, 0.4) is 0 Å². The van der Waals surface area contributed by atoms with E-state index in [1.165, 1.54) is 50.9 Å². The minimum atomic E-state index is -1.94. The van der Waals surface area contributed by atoms with Gasteiger partial charge in [-0.2, -0.15) is 0 Å². The number of aromatic nitrogens is 4. The van der Waals surface area contributed by atoms with E-state index in [0.717, 1.165) is 114 Å². The quantitative estimate of drug-likeness (QED) is 0.0693. The number of pyridine rings is 1. The van der Waals surface area contributed by atoms with Crippen LogP contribution in [0.4, 0.5) is 0 Å². The molecule has 5 heterocycles. The highest BCUT2D eigenvalue weighted by Crippen LogP contribution is 2.51. The largest absolute Gasteiger partial charge is 0.506 e. The zero-order valence-corrected chi connectivity index (χ0v) is 34.5. The van der Waals surface area contributed by atoms with Gasteiger partial charge in [0.05, 0.1) is 29.5 Å². The molecule has 0 radical (unpaired) electrons. The number of halogens is 2. The summed E-state index contributed by atoms with van der Waals surface area (Å²) in [5.74, 6) is -0.592. The number of aromatic hydroxyl groups is 1. The van der Waals surface area contributed by atoms with Crippen molar-refractivity contribution in [3.05, 3.63) is 106 Å². The van der Waals surface area contributed by atoms with Crippen molar-refractivity contribution in [1.82, 2.24) is 30.2 Å². The molecule has 57 heavy (non-hydrogen) atoms. The van der Waals surface area contributed by atoms with Gasteiger partial charge in [-0.15, -0.1) is 27.8 Å². The average molecular weight is 848 g/mol. The number of aryl methyl sites for hydroxylation is 2. The first-order chi connectivity index (χ1) is 27.6. The molecule has 298 valence electrons. The smallest absolute Gasteiger partial charge is 0.349 e. The van der Waals surface area contributed by atoms with E-state index in [-0.39, 0.29) is 22.8 Å². The molecular formula is C42H44Cl2N6O5S2. The van der Waals surface area contributed by atoms with Crippen LogP contribution in [-0.4, -0.2) is 73.3 Å². The van der Waals surface area contributed by atoms with E-state index in [2.05, 4.69) is 36.3 Å². The number of hydrogen-bond donors (Lipinski definition) is 4. The van der Waals surface area contributed by atoms with Crippen LogP contribution in [0.5, 0.6) is 5.75 Å². The monoisotopic (exact) mass is 846 g/mol. The van der Waals surface area contributed by atoms with Crippen LogP contribution in [0, 0.1) is 5.41 Å². The maximum Gasteiger partial charge on any atom is 0.349 e. The zero-order chi connectivity index (χ0) is 39.3. The number of hydrogen-bond acceptors (Lipinski definition) is 11. The molecule has 1 saturated carbocycles. The number of aromatic amines is 1. The fourth-order valence-electron chi connectivity index (χ4n) is 9.29. The van der Waals surface area contributed by atoms with Crippen LogP contribution in [0.2, 0.25) is 8.67 Å². The highest BCUT2D eigenvalue weighted by molar-refractivity contribution is 7.18. The van der Waals surface area contributed by atoms with Gasteiger partial charge in [0.1, 0.15) is 17.4 Å². The van der Waals surface area contributed by atoms with Crippen LogP contribution < -0.4 is 10.9 Å². The SMILES string of the molecule is O=C(OC1CC2(CCN(CCCn3nnc4cc(CNCCc5ccc(O)c6[nH]c(=O)ccc56)c5c(c43)CCC5)CC2)C1)C(O)(c1ccc(Cl)s1)c1ccc(Cl)s1. The Labute approximate surface area is 347 Å². The van der Waals surface area contributed by atoms with Gasteiger partial charge in [0.15, 0.2) is 0 Å². The molecule has 6 aromatic rings. The summed E-state index contributed by atoms with van der Waals surface area (Å²) >= 11 is 14.7. The number of fused-ring (bicyclic) bond motifs is 4. The predicted octanol–water partition coefficient (Wildman–Crippen LogP) is 7.34. The van der Waals surface area contributed by atoms with Crippen LogP contribution in [0.1, 0.15) is 70.5 Å². The van der Waals surface area contributed by atoms with E-state index >= 15 is 0 Å². The molecule has 0 atom stereocenters. The van der Waals surface area contributed by atoms with Crippen molar-refractivity contribution in [2.45, 2.75) is 82.6 Å². The third-order valence-corrected chi connectivity index (χ3v) is 15.0. The molecule has 11 nitrogen and oxygen atoms in total. The van der Waals surface area contributed by atoms with E-state index in [1.54, 1.807) is 36.4 Å². The fourth-order valence-corrected chi connectivity index (χ4v) is 11.6. The molecule has 3 aliphatic rings. The van der Waals surface area contributed by atoms with Gasteiger partial charge >= 0.3 is 5.97 Å². The molecule has 1 spiro atoms. The number of thiophene rings is 2. The number of rotatable bonds is 13. The van der Waals surface area contributed by atoms with Crippen molar-refractivity contribution in [3.63, 3.8) is 0 Å². The molecule has 4 aromatic heterocycles. The van der Waals surface area contributed by atoms with Gasteiger partial charge < -0.3 is 30.2 Å². The number of carbonyl (C=O) groups is 1. The highest BCUT2D eigenvalue weighted by Gasteiger charge is 2.51. The number of phenolic OH excluding ortho intramolecular Hbond substituents is 1. The van der Waals surface area contributed by atoms with E-state index in [4.69, 9.17) is 27.9 Å². The molecular weight excluding hydrogens is 804 g/mol. The lowest BCUT2D eigenvalue weighted by Gasteiger charge is -2.51. The van der Waals surface area contributed by atoms with Gasteiger partial charge in [-0.1, -0.05) is 34.5 Å². The number of nitrogens with one attached hydrogen (secondary N) is 2. The van der Waals surface area contributed by atoms with Crippen LogP contribution in [0.25, 0.3) is 21.9 Å². The second-order valence-corrected chi connectivity index (χ2v) is 19.3. The first-order valence-electron chi connectivity index (χ1n) is 19.7. The molecule has 9 rings (SSSR count). The molecule has 2 fully saturated rings. The van der Waals surface area contributed by atoms with Gasteiger partial charge in [0.25, 0.3) is 0 Å². The van der Waals surface area contributed by atoms with Crippen molar-refractivity contribution < 1.29 is 19.7 Å². The molecule has 15 heteroatoms. The maximum absolute atomic E-state index is 13.6. The lowest BCUT2D eigenvalue weighted by molar-refractivity contribution is -0.181. The van der Waals surface area contributed by atoms with Crippen molar-refractivity contribution >= 4 is 73.8 Å². The standard InChI is InChI=1S/C42H44Cl2N6O5S2/c43-35-10-8-33(56-35)42(54,34-9-11-36(44)57-34)40(53)55-27-22-41(23-27)14-19-49(20-15-41)17-2-18-50-39-30-4-1-3-28(30)26(21-31(39)47-48-50)24-45-16-13-25-5-7-32(51)38-29(25)6-12-37(52)46-38/h5-12,21,27,45,51,54H,1-4,13-20,22-24H2,(H,46,52). The molecule has 0 amide bonds. The number of nitrogens with zero attached hydrogens (tertiary/aromatic N) is 4.